The monoisotopic (exact) mass is 286 g/mol. The lowest BCUT2D eigenvalue weighted by Gasteiger charge is -2.16. The summed E-state index contributed by atoms with van der Waals surface area (Å²) in [6.07, 6.45) is 0.330. The Labute approximate surface area is 106 Å². The van der Waals surface area contributed by atoms with E-state index in [1.807, 2.05) is 19.1 Å². The second kappa shape index (κ2) is 6.26. The quantitative estimate of drug-likeness (QED) is 0.894. The molecule has 0 aliphatic rings. The molecule has 1 aromatic carbocycles. The molecule has 0 aliphatic heterocycles. The van der Waals surface area contributed by atoms with E-state index >= 15 is 0 Å². The van der Waals surface area contributed by atoms with Gasteiger partial charge in [0.05, 0.1) is 6.10 Å². The second-order valence-electron chi connectivity index (χ2n) is 4.21. The highest BCUT2D eigenvalue weighted by atomic mass is 79.9. The van der Waals surface area contributed by atoms with Gasteiger partial charge in [-0.15, -0.1) is 0 Å². The van der Waals surface area contributed by atoms with E-state index in [-0.39, 0.29) is 6.10 Å². The summed E-state index contributed by atoms with van der Waals surface area (Å²) in [6, 6.07) is 5.97. The predicted octanol–water partition coefficient (Wildman–Crippen LogP) is 3.72. The van der Waals surface area contributed by atoms with Crippen LogP contribution in [0.2, 0.25) is 0 Å². The first-order valence-electron chi connectivity index (χ1n) is 5.64. The normalized spacial score (nSPS) is 12.9. The Bertz CT molecular complexity index is 337. The molecule has 0 spiro atoms. The molecule has 2 nitrogen and oxygen atoms in total. The molecule has 16 heavy (non-hydrogen) atoms. The number of ether oxygens (including phenoxy) is 1. The Morgan fingerprint density at radius 3 is 2.62 bits per heavy atom. The lowest BCUT2D eigenvalue weighted by molar-refractivity contribution is 0.103. The highest BCUT2D eigenvalue weighted by Gasteiger charge is 2.10. The van der Waals surface area contributed by atoms with Gasteiger partial charge >= 0.3 is 0 Å². The SMILES string of the molecule is CCC(O)COc1ccc(Br)cc1C(C)C. The number of rotatable bonds is 5. The predicted molar refractivity (Wildman–Crippen MR) is 70.0 cm³/mol. The third-order valence-electron chi connectivity index (χ3n) is 2.50. The van der Waals surface area contributed by atoms with Gasteiger partial charge in [0.25, 0.3) is 0 Å². The average Bonchev–Trinajstić information content (AvgIpc) is 2.26. The molecular weight excluding hydrogens is 268 g/mol. The van der Waals surface area contributed by atoms with Crippen LogP contribution in [0.4, 0.5) is 0 Å². The van der Waals surface area contributed by atoms with Gasteiger partial charge in [-0.2, -0.15) is 0 Å². The van der Waals surface area contributed by atoms with Crippen molar-refractivity contribution in [3.05, 3.63) is 28.2 Å². The van der Waals surface area contributed by atoms with Gasteiger partial charge in [-0.05, 0) is 36.1 Å². The fourth-order valence-corrected chi connectivity index (χ4v) is 1.78. The van der Waals surface area contributed by atoms with Crippen LogP contribution in [0.25, 0.3) is 0 Å². The number of halogens is 1. The maximum Gasteiger partial charge on any atom is 0.122 e. The van der Waals surface area contributed by atoms with Crippen molar-refractivity contribution in [2.24, 2.45) is 0 Å². The minimum atomic E-state index is -0.386. The fourth-order valence-electron chi connectivity index (χ4n) is 1.41. The van der Waals surface area contributed by atoms with Crippen LogP contribution >= 0.6 is 15.9 Å². The van der Waals surface area contributed by atoms with Crippen molar-refractivity contribution in [3.63, 3.8) is 0 Å². The average molecular weight is 287 g/mol. The molecule has 0 heterocycles. The Morgan fingerprint density at radius 1 is 1.38 bits per heavy atom. The molecule has 90 valence electrons. The van der Waals surface area contributed by atoms with E-state index in [1.165, 1.54) is 0 Å². The van der Waals surface area contributed by atoms with E-state index in [9.17, 15) is 5.11 Å². The van der Waals surface area contributed by atoms with Crippen LogP contribution in [0, 0.1) is 0 Å². The highest BCUT2D eigenvalue weighted by Crippen LogP contribution is 2.29. The van der Waals surface area contributed by atoms with Crippen LogP contribution in [-0.4, -0.2) is 17.8 Å². The van der Waals surface area contributed by atoms with Gasteiger partial charge in [-0.25, -0.2) is 0 Å². The maximum absolute atomic E-state index is 9.47. The zero-order chi connectivity index (χ0) is 12.1. The van der Waals surface area contributed by atoms with Crippen LogP contribution in [0.3, 0.4) is 0 Å². The molecule has 1 rings (SSSR count). The molecule has 0 fully saturated rings. The molecule has 3 heteroatoms. The van der Waals surface area contributed by atoms with E-state index in [1.54, 1.807) is 0 Å². The van der Waals surface area contributed by atoms with Crippen molar-refractivity contribution >= 4 is 15.9 Å². The van der Waals surface area contributed by atoms with Crippen molar-refractivity contribution in [1.82, 2.24) is 0 Å². The third-order valence-corrected chi connectivity index (χ3v) is 2.99. The Morgan fingerprint density at radius 2 is 2.06 bits per heavy atom. The van der Waals surface area contributed by atoms with E-state index in [2.05, 4.69) is 35.8 Å². The fraction of sp³-hybridized carbons (Fsp3) is 0.538. The third kappa shape index (κ3) is 3.80. The van der Waals surface area contributed by atoms with Gasteiger partial charge in [0, 0.05) is 4.47 Å². The molecular formula is C13H19BrO2. The second-order valence-corrected chi connectivity index (χ2v) is 5.13. The van der Waals surface area contributed by atoms with Crippen LogP contribution in [0.5, 0.6) is 5.75 Å². The van der Waals surface area contributed by atoms with Crippen molar-refractivity contribution in [1.29, 1.82) is 0 Å². The molecule has 0 aliphatic carbocycles. The minimum Gasteiger partial charge on any atom is -0.491 e. The summed E-state index contributed by atoms with van der Waals surface area (Å²) in [5.74, 6) is 1.27. The van der Waals surface area contributed by atoms with Crippen molar-refractivity contribution in [3.8, 4) is 5.75 Å². The highest BCUT2D eigenvalue weighted by molar-refractivity contribution is 9.10. The Hall–Kier alpha value is -0.540. The number of aliphatic hydroxyl groups is 1. The lowest BCUT2D eigenvalue weighted by atomic mass is 10.0. The van der Waals surface area contributed by atoms with Gasteiger partial charge in [0.1, 0.15) is 12.4 Å². The smallest absolute Gasteiger partial charge is 0.122 e. The number of hydrogen-bond donors (Lipinski definition) is 1. The van der Waals surface area contributed by atoms with Crippen molar-refractivity contribution < 1.29 is 9.84 Å². The van der Waals surface area contributed by atoms with Gasteiger partial charge in [0.2, 0.25) is 0 Å². The summed E-state index contributed by atoms with van der Waals surface area (Å²) in [5, 5.41) is 9.47. The van der Waals surface area contributed by atoms with Gasteiger partial charge < -0.3 is 9.84 Å². The summed E-state index contributed by atoms with van der Waals surface area (Å²) in [5.41, 5.74) is 1.16. The molecule has 0 aromatic heterocycles. The maximum atomic E-state index is 9.47. The standard InChI is InChI=1S/C13H19BrO2/c1-4-11(15)8-16-13-6-5-10(14)7-12(13)9(2)3/h5-7,9,11,15H,4,8H2,1-3H3. The lowest BCUT2D eigenvalue weighted by Crippen LogP contribution is -2.16. The number of hydrogen-bond acceptors (Lipinski definition) is 2. The summed E-state index contributed by atoms with van der Waals surface area (Å²) < 4.78 is 6.69. The molecule has 0 radical (unpaired) electrons. The molecule has 0 bridgehead atoms. The van der Waals surface area contributed by atoms with Crippen LogP contribution in [-0.2, 0) is 0 Å². The first-order chi connectivity index (χ1) is 7.54. The Balaban J connectivity index is 2.78. The number of aliphatic hydroxyl groups excluding tert-OH is 1. The van der Waals surface area contributed by atoms with Crippen molar-refractivity contribution in [2.45, 2.75) is 39.2 Å². The van der Waals surface area contributed by atoms with Crippen molar-refractivity contribution in [2.75, 3.05) is 6.61 Å². The van der Waals surface area contributed by atoms with E-state index < -0.39 is 0 Å². The first kappa shape index (κ1) is 13.5. The molecule has 0 saturated carbocycles. The van der Waals surface area contributed by atoms with Crippen LogP contribution < -0.4 is 4.74 Å². The Kier molecular flexibility index (Phi) is 5.29. The van der Waals surface area contributed by atoms with E-state index in [0.717, 1.165) is 15.8 Å². The minimum absolute atomic E-state index is 0.359. The van der Waals surface area contributed by atoms with E-state index in [0.29, 0.717) is 18.9 Å². The van der Waals surface area contributed by atoms with E-state index in [4.69, 9.17) is 4.74 Å². The summed E-state index contributed by atoms with van der Waals surface area (Å²) in [4.78, 5) is 0. The topological polar surface area (TPSA) is 29.5 Å². The molecule has 0 saturated heterocycles. The molecule has 1 N–H and O–H groups in total. The van der Waals surface area contributed by atoms with Gasteiger partial charge in [0.15, 0.2) is 0 Å². The van der Waals surface area contributed by atoms with Gasteiger partial charge in [-0.3, -0.25) is 0 Å². The molecule has 0 amide bonds. The zero-order valence-corrected chi connectivity index (χ0v) is 11.6. The summed E-state index contributed by atoms with van der Waals surface area (Å²) >= 11 is 3.45. The molecule has 1 aromatic rings. The first-order valence-corrected chi connectivity index (χ1v) is 6.44. The van der Waals surface area contributed by atoms with Gasteiger partial charge in [-0.1, -0.05) is 36.7 Å². The number of benzene rings is 1. The summed E-state index contributed by atoms with van der Waals surface area (Å²) in [7, 11) is 0. The largest absolute Gasteiger partial charge is 0.491 e. The molecule has 1 unspecified atom stereocenters. The summed E-state index contributed by atoms with van der Waals surface area (Å²) in [6.45, 7) is 6.56. The zero-order valence-electron chi connectivity index (χ0n) is 10.0. The van der Waals surface area contributed by atoms with Crippen LogP contribution in [0.15, 0.2) is 22.7 Å². The van der Waals surface area contributed by atoms with Crippen LogP contribution in [0.1, 0.15) is 38.7 Å². The molecule has 1 atom stereocenters.